The van der Waals surface area contributed by atoms with Crippen LogP contribution in [0, 0.1) is 5.92 Å². The zero-order chi connectivity index (χ0) is 16.7. The fourth-order valence-corrected chi connectivity index (χ4v) is 4.41. The van der Waals surface area contributed by atoms with E-state index in [9.17, 15) is 4.79 Å². The molecule has 1 atom stereocenters. The van der Waals surface area contributed by atoms with Crippen molar-refractivity contribution >= 4 is 47.6 Å². The number of amides is 1. The lowest BCUT2D eigenvalue weighted by molar-refractivity contribution is -0.130. The summed E-state index contributed by atoms with van der Waals surface area (Å²) in [5.41, 5.74) is 0. The minimum atomic E-state index is 0. The van der Waals surface area contributed by atoms with Crippen LogP contribution in [0.25, 0.3) is 0 Å². The number of nitrogens with one attached hydrogen (secondary N) is 1. The molecule has 5 nitrogen and oxygen atoms in total. The maximum Gasteiger partial charge on any atom is 0.219 e. The molecule has 0 aromatic rings. The van der Waals surface area contributed by atoms with E-state index in [1.807, 2.05) is 4.90 Å². The summed E-state index contributed by atoms with van der Waals surface area (Å²) in [6, 6.07) is 0. The van der Waals surface area contributed by atoms with Crippen molar-refractivity contribution in [1.29, 1.82) is 0 Å². The van der Waals surface area contributed by atoms with E-state index in [-0.39, 0.29) is 29.9 Å². The zero-order valence-electron chi connectivity index (χ0n) is 15.3. The van der Waals surface area contributed by atoms with Crippen molar-refractivity contribution in [2.75, 3.05) is 45.0 Å². The van der Waals surface area contributed by atoms with E-state index in [4.69, 9.17) is 4.99 Å². The van der Waals surface area contributed by atoms with Gasteiger partial charge >= 0.3 is 0 Å². The van der Waals surface area contributed by atoms with Gasteiger partial charge in [-0.05, 0) is 32.1 Å². The van der Waals surface area contributed by atoms with E-state index in [2.05, 4.69) is 35.8 Å². The maximum absolute atomic E-state index is 11.4. The predicted octanol–water partition coefficient (Wildman–Crippen LogP) is 2.66. The summed E-state index contributed by atoms with van der Waals surface area (Å²) >= 11 is 2.09. The van der Waals surface area contributed by atoms with E-state index in [1.165, 1.54) is 12.2 Å². The Kier molecular flexibility index (Phi) is 10.4. The SMILES string of the molecule is CCNC(=NCC1CCN(C(C)=O)CC1)N1CCSC(CC)C1.I. The molecule has 0 spiro atoms. The second-order valence-electron chi connectivity index (χ2n) is 6.49. The molecule has 2 heterocycles. The predicted molar refractivity (Wildman–Crippen MR) is 114 cm³/mol. The smallest absolute Gasteiger partial charge is 0.219 e. The number of carbonyl (C=O) groups excluding carboxylic acids is 1. The number of halogens is 1. The largest absolute Gasteiger partial charge is 0.357 e. The van der Waals surface area contributed by atoms with E-state index < -0.39 is 0 Å². The first-order chi connectivity index (χ1) is 11.1. The topological polar surface area (TPSA) is 47.9 Å². The Morgan fingerprint density at radius 3 is 2.50 bits per heavy atom. The van der Waals surface area contributed by atoms with Crippen molar-refractivity contribution in [3.8, 4) is 0 Å². The van der Waals surface area contributed by atoms with Crippen molar-refractivity contribution in [1.82, 2.24) is 15.1 Å². The van der Waals surface area contributed by atoms with Gasteiger partial charge in [-0.2, -0.15) is 11.8 Å². The van der Waals surface area contributed by atoms with Crippen molar-refractivity contribution in [3.63, 3.8) is 0 Å². The second kappa shape index (κ2) is 11.4. The number of hydrogen-bond donors (Lipinski definition) is 1. The van der Waals surface area contributed by atoms with Crippen molar-refractivity contribution < 1.29 is 4.79 Å². The van der Waals surface area contributed by atoms with Crippen LogP contribution >= 0.6 is 35.7 Å². The molecule has 2 rings (SSSR count). The van der Waals surface area contributed by atoms with Gasteiger partial charge in [0.2, 0.25) is 5.91 Å². The highest BCUT2D eigenvalue weighted by molar-refractivity contribution is 14.0. The number of aliphatic imine (C=N–C) groups is 1. The normalized spacial score (nSPS) is 23.0. The van der Waals surface area contributed by atoms with Crippen LogP contribution in [0.5, 0.6) is 0 Å². The molecule has 2 saturated heterocycles. The molecular weight excluding hydrogens is 435 g/mol. The molecule has 1 amide bonds. The standard InChI is InChI=1S/C17H32N4OS.HI/c1-4-16-13-21(10-11-23-16)17(18-5-2)19-12-15-6-8-20(9-7-15)14(3)22;/h15-16H,4-13H2,1-3H3,(H,18,19);1H. The second-order valence-corrected chi connectivity index (χ2v) is 7.90. The molecule has 1 N–H and O–H groups in total. The Bertz CT molecular complexity index is 413. The number of nitrogens with zero attached hydrogens (tertiary/aromatic N) is 3. The third-order valence-corrected chi connectivity index (χ3v) is 6.16. The first kappa shape index (κ1) is 21.9. The lowest BCUT2D eigenvalue weighted by atomic mass is 9.97. The fourth-order valence-electron chi connectivity index (χ4n) is 3.23. The van der Waals surface area contributed by atoms with Crippen LogP contribution in [-0.4, -0.2) is 71.9 Å². The quantitative estimate of drug-likeness (QED) is 0.392. The summed E-state index contributed by atoms with van der Waals surface area (Å²) < 4.78 is 0. The van der Waals surface area contributed by atoms with Crippen LogP contribution in [0.3, 0.4) is 0 Å². The van der Waals surface area contributed by atoms with Gasteiger partial charge in [0.15, 0.2) is 5.96 Å². The minimum absolute atomic E-state index is 0. The highest BCUT2D eigenvalue weighted by Gasteiger charge is 2.23. The Morgan fingerprint density at radius 1 is 1.21 bits per heavy atom. The molecule has 0 aromatic heterocycles. The van der Waals surface area contributed by atoms with E-state index in [0.29, 0.717) is 5.92 Å². The van der Waals surface area contributed by atoms with Crippen LogP contribution in [-0.2, 0) is 4.79 Å². The van der Waals surface area contributed by atoms with Gasteiger partial charge in [-0.25, -0.2) is 0 Å². The number of guanidine groups is 1. The fraction of sp³-hybridized carbons (Fsp3) is 0.882. The van der Waals surface area contributed by atoms with Crippen LogP contribution in [0.15, 0.2) is 4.99 Å². The van der Waals surface area contributed by atoms with E-state index in [0.717, 1.165) is 63.3 Å². The molecule has 1 unspecified atom stereocenters. The van der Waals surface area contributed by atoms with Gasteiger partial charge in [-0.3, -0.25) is 9.79 Å². The molecule has 0 saturated carbocycles. The number of thioether (sulfide) groups is 1. The van der Waals surface area contributed by atoms with Crippen molar-refractivity contribution in [2.24, 2.45) is 10.9 Å². The molecule has 2 aliphatic heterocycles. The molecule has 7 heteroatoms. The number of hydrogen-bond acceptors (Lipinski definition) is 3. The lowest BCUT2D eigenvalue weighted by Gasteiger charge is -2.35. The molecule has 140 valence electrons. The van der Waals surface area contributed by atoms with Gasteiger partial charge in [0.1, 0.15) is 0 Å². The van der Waals surface area contributed by atoms with Crippen molar-refractivity contribution in [2.45, 2.75) is 45.3 Å². The summed E-state index contributed by atoms with van der Waals surface area (Å²) in [7, 11) is 0. The van der Waals surface area contributed by atoms with Gasteiger partial charge in [-0.15, -0.1) is 24.0 Å². The summed E-state index contributed by atoms with van der Waals surface area (Å²) in [4.78, 5) is 20.7. The van der Waals surface area contributed by atoms with Crippen LogP contribution in [0.4, 0.5) is 0 Å². The third-order valence-electron chi connectivity index (χ3n) is 4.79. The Morgan fingerprint density at radius 2 is 1.92 bits per heavy atom. The average Bonchev–Trinajstić information content (AvgIpc) is 2.59. The number of rotatable bonds is 4. The molecule has 0 aliphatic carbocycles. The Balaban J connectivity index is 0.00000288. The van der Waals surface area contributed by atoms with E-state index in [1.54, 1.807) is 6.92 Å². The van der Waals surface area contributed by atoms with Gasteiger partial charge in [0, 0.05) is 57.2 Å². The van der Waals surface area contributed by atoms with Gasteiger partial charge in [0.05, 0.1) is 0 Å². The molecule has 2 fully saturated rings. The molecule has 0 aromatic carbocycles. The first-order valence-electron chi connectivity index (χ1n) is 9.04. The highest BCUT2D eigenvalue weighted by Crippen LogP contribution is 2.22. The van der Waals surface area contributed by atoms with Crippen molar-refractivity contribution in [3.05, 3.63) is 0 Å². The summed E-state index contributed by atoms with van der Waals surface area (Å²) in [5, 5.41) is 4.19. The minimum Gasteiger partial charge on any atom is -0.357 e. The number of carbonyl (C=O) groups is 1. The van der Waals surface area contributed by atoms with Gasteiger partial charge in [0.25, 0.3) is 0 Å². The Hall–Kier alpha value is -0.180. The molecule has 0 bridgehead atoms. The first-order valence-corrected chi connectivity index (χ1v) is 10.1. The molecular formula is C17H33IN4OS. The van der Waals surface area contributed by atoms with E-state index >= 15 is 0 Å². The lowest BCUT2D eigenvalue weighted by Crippen LogP contribution is -2.48. The number of piperidine rings is 1. The van der Waals surface area contributed by atoms with Crippen LogP contribution < -0.4 is 5.32 Å². The Labute approximate surface area is 168 Å². The summed E-state index contributed by atoms with van der Waals surface area (Å²) in [6.45, 7) is 11.9. The number of likely N-dealkylation sites (tertiary alicyclic amines) is 1. The van der Waals surface area contributed by atoms with Gasteiger partial charge < -0.3 is 15.1 Å². The monoisotopic (exact) mass is 468 g/mol. The maximum atomic E-state index is 11.4. The molecule has 2 aliphatic rings. The molecule has 0 radical (unpaired) electrons. The van der Waals surface area contributed by atoms with Crippen LogP contribution in [0.1, 0.15) is 40.0 Å². The van der Waals surface area contributed by atoms with Crippen LogP contribution in [0.2, 0.25) is 0 Å². The zero-order valence-corrected chi connectivity index (χ0v) is 18.4. The third kappa shape index (κ3) is 6.61. The molecule has 24 heavy (non-hydrogen) atoms. The summed E-state index contributed by atoms with van der Waals surface area (Å²) in [6.07, 6.45) is 3.38. The highest BCUT2D eigenvalue weighted by atomic mass is 127. The average molecular weight is 468 g/mol. The van der Waals surface area contributed by atoms with Gasteiger partial charge in [-0.1, -0.05) is 6.92 Å². The summed E-state index contributed by atoms with van der Waals surface area (Å²) in [5.74, 6) is 3.09.